The Balaban J connectivity index is 1.80. The third-order valence-electron chi connectivity index (χ3n) is 3.65. The van der Waals surface area contributed by atoms with E-state index in [1.165, 1.54) is 6.07 Å². The molecule has 0 aliphatic rings. The first kappa shape index (κ1) is 16.9. The second-order valence-corrected chi connectivity index (χ2v) is 5.37. The van der Waals surface area contributed by atoms with Crippen LogP contribution in [0.2, 0.25) is 0 Å². The molecule has 1 aromatic heterocycles. The fourth-order valence-corrected chi connectivity index (χ4v) is 2.43. The van der Waals surface area contributed by atoms with Crippen LogP contribution in [-0.4, -0.2) is 10.9 Å². The van der Waals surface area contributed by atoms with Crippen molar-refractivity contribution in [1.29, 1.82) is 0 Å². The van der Waals surface area contributed by atoms with Gasteiger partial charge in [-0.25, -0.2) is 9.37 Å². The Kier molecular flexibility index (Phi) is 4.39. The molecule has 3 nitrogen and oxygen atoms in total. The molecule has 1 heterocycles. The van der Waals surface area contributed by atoms with E-state index in [1.807, 2.05) is 12.1 Å². The zero-order valence-electron chi connectivity index (χ0n) is 12.8. The molecule has 3 rings (SSSR count). The molecule has 0 spiro atoms. The molecule has 0 fully saturated rings. The summed E-state index contributed by atoms with van der Waals surface area (Å²) in [7, 11) is 0. The van der Waals surface area contributed by atoms with Crippen LogP contribution in [0.4, 0.5) is 17.6 Å². The van der Waals surface area contributed by atoms with E-state index in [1.54, 1.807) is 18.2 Å². The zero-order valence-corrected chi connectivity index (χ0v) is 12.8. The van der Waals surface area contributed by atoms with Crippen molar-refractivity contribution in [2.45, 2.75) is 12.7 Å². The van der Waals surface area contributed by atoms with Gasteiger partial charge in [-0.05, 0) is 29.8 Å². The number of amides is 1. The van der Waals surface area contributed by atoms with E-state index >= 15 is 0 Å². The molecule has 2 aromatic carbocycles. The molecule has 0 saturated carbocycles. The van der Waals surface area contributed by atoms with E-state index in [0.29, 0.717) is 11.6 Å². The van der Waals surface area contributed by atoms with Crippen LogP contribution < -0.4 is 5.32 Å². The number of para-hydroxylation sites is 1. The largest absolute Gasteiger partial charge is 0.416 e. The lowest BCUT2D eigenvalue weighted by atomic mass is 10.1. The molecule has 0 saturated heterocycles. The van der Waals surface area contributed by atoms with Gasteiger partial charge in [-0.3, -0.25) is 4.79 Å². The summed E-state index contributed by atoms with van der Waals surface area (Å²) in [5.74, 6) is -1.60. The number of hydrogen-bond acceptors (Lipinski definition) is 2. The predicted octanol–water partition coefficient (Wildman–Crippen LogP) is 4.32. The lowest BCUT2D eigenvalue weighted by molar-refractivity contribution is -0.138. The summed E-state index contributed by atoms with van der Waals surface area (Å²) in [6.45, 7) is -0.386. The van der Waals surface area contributed by atoms with Crippen LogP contribution in [0.15, 0.2) is 54.6 Å². The average molecular weight is 348 g/mol. The van der Waals surface area contributed by atoms with Crippen molar-refractivity contribution in [2.75, 3.05) is 0 Å². The van der Waals surface area contributed by atoms with Crippen LogP contribution in [0.25, 0.3) is 10.9 Å². The van der Waals surface area contributed by atoms with Gasteiger partial charge in [-0.1, -0.05) is 30.3 Å². The number of alkyl halides is 3. The molecule has 7 heteroatoms. The summed E-state index contributed by atoms with van der Waals surface area (Å²) in [5, 5.41) is 3.23. The van der Waals surface area contributed by atoms with Gasteiger partial charge in [-0.2, -0.15) is 13.2 Å². The number of hydrogen-bond donors (Lipinski definition) is 1. The molecule has 25 heavy (non-hydrogen) atoms. The summed E-state index contributed by atoms with van der Waals surface area (Å²) in [5.41, 5.74) is -0.635. The smallest absolute Gasteiger partial charge is 0.347 e. The number of nitrogens with one attached hydrogen (secondary N) is 1. The van der Waals surface area contributed by atoms with Crippen molar-refractivity contribution in [3.63, 3.8) is 0 Å². The molecule has 0 bridgehead atoms. The van der Waals surface area contributed by atoms with Gasteiger partial charge in [0.1, 0.15) is 11.5 Å². The molecule has 128 valence electrons. The lowest BCUT2D eigenvalue weighted by Gasteiger charge is -2.13. The Labute approximate surface area is 140 Å². The van der Waals surface area contributed by atoms with Crippen LogP contribution in [-0.2, 0) is 12.7 Å². The third-order valence-corrected chi connectivity index (χ3v) is 3.65. The highest BCUT2D eigenvalue weighted by Gasteiger charge is 2.33. The van der Waals surface area contributed by atoms with Crippen LogP contribution in [0.3, 0.4) is 0 Å². The highest BCUT2D eigenvalue weighted by Crippen LogP contribution is 2.32. The molecule has 0 radical (unpaired) electrons. The Morgan fingerprint density at radius 2 is 1.80 bits per heavy atom. The Hall–Kier alpha value is -2.96. The first-order valence-corrected chi connectivity index (χ1v) is 7.34. The minimum atomic E-state index is -4.70. The SMILES string of the molecule is O=C(NCc1ccc(F)cc1C(F)(F)F)c1ccc2ccccc2n1. The molecule has 0 unspecified atom stereocenters. The maximum absolute atomic E-state index is 13.1. The standard InChI is InChI=1S/C18H12F4N2O/c19-13-7-5-12(14(9-13)18(20,21)22)10-23-17(25)16-8-6-11-3-1-2-4-15(11)24-16/h1-9H,10H2,(H,23,25). The molecular formula is C18H12F4N2O. The summed E-state index contributed by atoms with van der Waals surface area (Å²) < 4.78 is 52.0. The number of carbonyl (C=O) groups is 1. The average Bonchev–Trinajstić information content (AvgIpc) is 2.59. The topological polar surface area (TPSA) is 42.0 Å². The van der Waals surface area contributed by atoms with Gasteiger partial charge in [0.05, 0.1) is 11.1 Å². The second kappa shape index (κ2) is 6.51. The summed E-state index contributed by atoms with van der Waals surface area (Å²) in [6, 6.07) is 12.7. The van der Waals surface area contributed by atoms with Crippen LogP contribution in [0.5, 0.6) is 0 Å². The maximum atomic E-state index is 13.1. The fraction of sp³-hybridized carbons (Fsp3) is 0.111. The molecule has 3 aromatic rings. The van der Waals surface area contributed by atoms with Gasteiger partial charge in [0.25, 0.3) is 5.91 Å². The number of pyridine rings is 1. The van der Waals surface area contributed by atoms with Crippen LogP contribution in [0.1, 0.15) is 21.6 Å². The highest BCUT2D eigenvalue weighted by atomic mass is 19.4. The van der Waals surface area contributed by atoms with E-state index < -0.39 is 23.5 Å². The van der Waals surface area contributed by atoms with E-state index in [0.717, 1.165) is 17.5 Å². The number of halogens is 4. The fourth-order valence-electron chi connectivity index (χ4n) is 2.43. The Morgan fingerprint density at radius 3 is 2.56 bits per heavy atom. The Bertz CT molecular complexity index is 938. The zero-order chi connectivity index (χ0) is 18.0. The first-order chi connectivity index (χ1) is 11.8. The molecule has 0 aliphatic heterocycles. The second-order valence-electron chi connectivity index (χ2n) is 5.37. The highest BCUT2D eigenvalue weighted by molar-refractivity contribution is 5.94. The number of aromatic nitrogens is 1. The van der Waals surface area contributed by atoms with E-state index in [-0.39, 0.29) is 17.8 Å². The van der Waals surface area contributed by atoms with Gasteiger partial charge in [0.2, 0.25) is 0 Å². The van der Waals surface area contributed by atoms with Crippen molar-refractivity contribution in [2.24, 2.45) is 0 Å². The quantitative estimate of drug-likeness (QED) is 0.716. The maximum Gasteiger partial charge on any atom is 0.416 e. The van der Waals surface area contributed by atoms with Gasteiger partial charge < -0.3 is 5.32 Å². The molecule has 1 amide bonds. The number of nitrogens with zero attached hydrogens (tertiary/aromatic N) is 1. The normalized spacial score (nSPS) is 11.5. The van der Waals surface area contributed by atoms with Gasteiger partial charge in [0, 0.05) is 11.9 Å². The minimum absolute atomic E-state index is 0.0920. The van der Waals surface area contributed by atoms with Crippen LogP contribution >= 0.6 is 0 Å². The number of rotatable bonds is 3. The van der Waals surface area contributed by atoms with Crippen molar-refractivity contribution in [1.82, 2.24) is 10.3 Å². The van der Waals surface area contributed by atoms with E-state index in [2.05, 4.69) is 10.3 Å². The minimum Gasteiger partial charge on any atom is -0.347 e. The van der Waals surface area contributed by atoms with Gasteiger partial charge in [-0.15, -0.1) is 0 Å². The van der Waals surface area contributed by atoms with Gasteiger partial charge in [0.15, 0.2) is 0 Å². The van der Waals surface area contributed by atoms with Crippen molar-refractivity contribution < 1.29 is 22.4 Å². The predicted molar refractivity (Wildman–Crippen MR) is 84.3 cm³/mol. The first-order valence-electron chi connectivity index (χ1n) is 7.34. The summed E-state index contributed by atoms with van der Waals surface area (Å²) >= 11 is 0. The van der Waals surface area contributed by atoms with Crippen molar-refractivity contribution in [3.05, 3.63) is 77.2 Å². The molecule has 1 N–H and O–H groups in total. The molecule has 0 atom stereocenters. The van der Waals surface area contributed by atoms with Gasteiger partial charge >= 0.3 is 6.18 Å². The van der Waals surface area contributed by atoms with E-state index in [9.17, 15) is 22.4 Å². The van der Waals surface area contributed by atoms with Crippen molar-refractivity contribution >= 4 is 16.8 Å². The van der Waals surface area contributed by atoms with E-state index in [4.69, 9.17) is 0 Å². The molecular weight excluding hydrogens is 336 g/mol. The number of carbonyl (C=O) groups excluding carboxylic acids is 1. The molecule has 0 aliphatic carbocycles. The Morgan fingerprint density at radius 1 is 1.04 bits per heavy atom. The summed E-state index contributed by atoms with van der Waals surface area (Å²) in [4.78, 5) is 16.3. The van der Waals surface area contributed by atoms with Crippen LogP contribution in [0, 0.1) is 5.82 Å². The third kappa shape index (κ3) is 3.76. The number of fused-ring (bicyclic) bond motifs is 1. The van der Waals surface area contributed by atoms with Crippen molar-refractivity contribution in [3.8, 4) is 0 Å². The monoisotopic (exact) mass is 348 g/mol. The summed E-state index contributed by atoms with van der Waals surface area (Å²) in [6.07, 6.45) is -4.70. The lowest BCUT2D eigenvalue weighted by Crippen LogP contribution is -2.25. The number of benzene rings is 2.